The quantitative estimate of drug-likeness (QED) is 0.796. The minimum atomic E-state index is 0.0618. The Kier molecular flexibility index (Phi) is 3.95. The first-order valence-corrected chi connectivity index (χ1v) is 8.42. The van der Waals surface area contributed by atoms with Crippen molar-refractivity contribution in [3.8, 4) is 0 Å². The number of nitrogens with zero attached hydrogens (tertiary/aromatic N) is 6. The van der Waals surface area contributed by atoms with Gasteiger partial charge in [-0.3, -0.25) is 9.48 Å². The number of hydrogen-bond acceptors (Lipinski definition) is 5. The molecule has 1 aliphatic heterocycles. The summed E-state index contributed by atoms with van der Waals surface area (Å²) >= 11 is 0. The fourth-order valence-corrected chi connectivity index (χ4v) is 3.54. The Bertz CT molecular complexity index is 717. The van der Waals surface area contributed by atoms with E-state index in [1.165, 1.54) is 18.4 Å². The number of aromatic nitrogens is 5. The molecular weight excluding hydrogens is 292 g/mol. The topological polar surface area (TPSA) is 68.8 Å². The average molecular weight is 314 g/mol. The van der Waals surface area contributed by atoms with Gasteiger partial charge in [-0.05, 0) is 31.2 Å². The van der Waals surface area contributed by atoms with E-state index in [2.05, 4.69) is 20.1 Å². The molecule has 4 rings (SSSR count). The first-order chi connectivity index (χ1) is 11.3. The zero-order valence-electron chi connectivity index (χ0n) is 13.3. The first-order valence-electron chi connectivity index (χ1n) is 8.42. The van der Waals surface area contributed by atoms with Crippen molar-refractivity contribution in [3.63, 3.8) is 0 Å². The Balaban J connectivity index is 1.31. The lowest BCUT2D eigenvalue weighted by Gasteiger charge is -2.39. The zero-order chi connectivity index (χ0) is 15.6. The summed E-state index contributed by atoms with van der Waals surface area (Å²) in [6, 6.07) is 1.81. The maximum atomic E-state index is 12.2. The lowest BCUT2D eigenvalue weighted by Crippen LogP contribution is -2.50. The van der Waals surface area contributed by atoms with Gasteiger partial charge in [-0.2, -0.15) is 10.2 Å². The monoisotopic (exact) mass is 314 g/mol. The van der Waals surface area contributed by atoms with E-state index in [4.69, 9.17) is 0 Å². The van der Waals surface area contributed by atoms with Crippen LogP contribution in [0.1, 0.15) is 24.1 Å². The third-order valence-electron chi connectivity index (χ3n) is 4.85. The van der Waals surface area contributed by atoms with E-state index < -0.39 is 0 Å². The van der Waals surface area contributed by atoms with Gasteiger partial charge < -0.3 is 4.90 Å². The summed E-state index contributed by atoms with van der Waals surface area (Å²) in [5.74, 6) is 0.526. The lowest BCUT2D eigenvalue weighted by atomic mass is 9.96. The molecule has 2 aromatic heterocycles. The second-order valence-electron chi connectivity index (χ2n) is 6.63. The van der Waals surface area contributed by atoms with Gasteiger partial charge in [0.2, 0.25) is 0 Å². The van der Waals surface area contributed by atoms with Crippen LogP contribution in [-0.2, 0) is 25.9 Å². The summed E-state index contributed by atoms with van der Waals surface area (Å²) in [4.78, 5) is 18.5. The maximum absolute atomic E-state index is 12.2. The molecule has 0 saturated carbocycles. The molecule has 7 nitrogen and oxygen atoms in total. The van der Waals surface area contributed by atoms with Crippen molar-refractivity contribution < 1.29 is 0 Å². The second kappa shape index (κ2) is 6.23. The van der Waals surface area contributed by atoms with Crippen LogP contribution in [0.2, 0.25) is 0 Å². The van der Waals surface area contributed by atoms with Crippen LogP contribution < -0.4 is 5.56 Å². The SMILES string of the molecule is O=c1cc2c(nn1CC1CN(CCn3cncn3)C1)CCCC2. The van der Waals surface area contributed by atoms with E-state index in [0.29, 0.717) is 5.92 Å². The van der Waals surface area contributed by atoms with Crippen LogP contribution in [0.15, 0.2) is 23.5 Å². The molecule has 3 heterocycles. The number of hydrogen-bond donors (Lipinski definition) is 0. The normalized spacial score (nSPS) is 18.6. The summed E-state index contributed by atoms with van der Waals surface area (Å²) in [6.07, 6.45) is 7.71. The molecule has 0 bridgehead atoms. The molecule has 1 fully saturated rings. The third kappa shape index (κ3) is 3.19. The van der Waals surface area contributed by atoms with E-state index in [-0.39, 0.29) is 5.56 Å². The van der Waals surface area contributed by atoms with Gasteiger partial charge in [0.1, 0.15) is 12.7 Å². The van der Waals surface area contributed by atoms with Gasteiger partial charge in [0, 0.05) is 31.6 Å². The molecule has 1 aliphatic carbocycles. The minimum Gasteiger partial charge on any atom is -0.301 e. The molecule has 0 atom stereocenters. The van der Waals surface area contributed by atoms with Crippen molar-refractivity contribution in [3.05, 3.63) is 40.3 Å². The number of rotatable bonds is 5. The van der Waals surface area contributed by atoms with E-state index in [1.54, 1.807) is 17.3 Å². The minimum absolute atomic E-state index is 0.0618. The molecule has 1 saturated heterocycles. The zero-order valence-corrected chi connectivity index (χ0v) is 13.3. The van der Waals surface area contributed by atoms with Gasteiger partial charge in [-0.25, -0.2) is 9.67 Å². The highest BCUT2D eigenvalue weighted by Crippen LogP contribution is 2.19. The van der Waals surface area contributed by atoms with Crippen molar-refractivity contribution in [1.29, 1.82) is 0 Å². The van der Waals surface area contributed by atoms with Crippen LogP contribution in [0.25, 0.3) is 0 Å². The second-order valence-corrected chi connectivity index (χ2v) is 6.63. The van der Waals surface area contributed by atoms with Crippen LogP contribution in [0, 0.1) is 5.92 Å². The maximum Gasteiger partial charge on any atom is 0.267 e. The highest BCUT2D eigenvalue weighted by atomic mass is 16.1. The van der Waals surface area contributed by atoms with Crippen molar-refractivity contribution in [2.45, 2.75) is 38.8 Å². The summed E-state index contributed by atoms with van der Waals surface area (Å²) in [7, 11) is 0. The van der Waals surface area contributed by atoms with E-state index in [0.717, 1.165) is 51.3 Å². The Hall–Kier alpha value is -2.02. The molecular formula is C16H22N6O. The molecule has 0 amide bonds. The Morgan fingerprint density at radius 2 is 2.04 bits per heavy atom. The molecule has 0 unspecified atom stereocenters. The van der Waals surface area contributed by atoms with Gasteiger partial charge in [-0.1, -0.05) is 0 Å². The number of fused-ring (bicyclic) bond motifs is 1. The van der Waals surface area contributed by atoms with Crippen LogP contribution in [-0.4, -0.2) is 49.1 Å². The van der Waals surface area contributed by atoms with Crippen molar-refractivity contribution in [2.24, 2.45) is 5.92 Å². The smallest absolute Gasteiger partial charge is 0.267 e. The van der Waals surface area contributed by atoms with Gasteiger partial charge in [-0.15, -0.1) is 0 Å². The summed E-state index contributed by atoms with van der Waals surface area (Å²) in [5, 5.41) is 8.72. The molecule has 0 radical (unpaired) electrons. The van der Waals surface area contributed by atoms with Crippen LogP contribution in [0.3, 0.4) is 0 Å². The van der Waals surface area contributed by atoms with Crippen LogP contribution in [0.5, 0.6) is 0 Å². The fraction of sp³-hybridized carbons (Fsp3) is 0.625. The highest BCUT2D eigenvalue weighted by molar-refractivity contribution is 5.20. The van der Waals surface area contributed by atoms with E-state index >= 15 is 0 Å². The van der Waals surface area contributed by atoms with Gasteiger partial charge in [0.05, 0.1) is 18.8 Å². The predicted molar refractivity (Wildman–Crippen MR) is 85.1 cm³/mol. The largest absolute Gasteiger partial charge is 0.301 e. The van der Waals surface area contributed by atoms with Gasteiger partial charge >= 0.3 is 0 Å². The fourth-order valence-electron chi connectivity index (χ4n) is 3.54. The molecule has 0 N–H and O–H groups in total. The van der Waals surface area contributed by atoms with E-state index in [1.807, 2.05) is 10.7 Å². The molecule has 7 heteroatoms. The number of aryl methyl sites for hydroxylation is 2. The standard InChI is InChI=1S/C16H22N6O/c23-16-7-14-3-1-2-4-15(14)19-22(16)10-13-8-20(9-13)5-6-21-12-17-11-18-21/h7,11-13H,1-6,8-10H2. The van der Waals surface area contributed by atoms with E-state index in [9.17, 15) is 4.79 Å². The Labute approximate surface area is 134 Å². The highest BCUT2D eigenvalue weighted by Gasteiger charge is 2.27. The summed E-state index contributed by atoms with van der Waals surface area (Å²) in [6.45, 7) is 4.64. The predicted octanol–water partition coefficient (Wildman–Crippen LogP) is 0.346. The Morgan fingerprint density at radius 1 is 1.17 bits per heavy atom. The van der Waals surface area contributed by atoms with Crippen LogP contribution >= 0.6 is 0 Å². The van der Waals surface area contributed by atoms with Gasteiger partial charge in [0.25, 0.3) is 5.56 Å². The lowest BCUT2D eigenvalue weighted by molar-refractivity contribution is 0.0792. The Morgan fingerprint density at radius 3 is 2.87 bits per heavy atom. The summed E-state index contributed by atoms with van der Waals surface area (Å²) < 4.78 is 3.53. The van der Waals surface area contributed by atoms with Crippen molar-refractivity contribution >= 4 is 0 Å². The third-order valence-corrected chi connectivity index (χ3v) is 4.85. The first kappa shape index (κ1) is 14.6. The van der Waals surface area contributed by atoms with Gasteiger partial charge in [0.15, 0.2) is 0 Å². The molecule has 0 aromatic carbocycles. The number of likely N-dealkylation sites (tertiary alicyclic amines) is 1. The molecule has 0 spiro atoms. The molecule has 122 valence electrons. The summed E-state index contributed by atoms with van der Waals surface area (Å²) in [5.41, 5.74) is 2.37. The average Bonchev–Trinajstić information content (AvgIpc) is 3.03. The molecule has 2 aliphatic rings. The molecule has 2 aromatic rings. The van der Waals surface area contributed by atoms with Crippen molar-refractivity contribution in [2.75, 3.05) is 19.6 Å². The molecule has 23 heavy (non-hydrogen) atoms. The van der Waals surface area contributed by atoms with Crippen LogP contribution in [0.4, 0.5) is 0 Å². The van der Waals surface area contributed by atoms with Crippen molar-refractivity contribution in [1.82, 2.24) is 29.4 Å².